The molecule has 0 aliphatic carbocycles. The maximum Gasteiger partial charge on any atom is 0.302 e. The number of H-pyrrole nitrogens is 1. The minimum absolute atomic E-state index is 0.200. The second-order valence-corrected chi connectivity index (χ2v) is 8.38. The summed E-state index contributed by atoms with van der Waals surface area (Å²) in [5.74, 6) is 0. The molecule has 0 atom stereocenters. The van der Waals surface area contributed by atoms with Crippen LogP contribution in [0.15, 0.2) is 36.5 Å². The Bertz CT molecular complexity index is 1090. The van der Waals surface area contributed by atoms with Crippen LogP contribution in [-0.2, 0) is 23.3 Å². The summed E-state index contributed by atoms with van der Waals surface area (Å²) in [5, 5.41) is 1.53. The molecule has 3 aromatic rings. The Morgan fingerprint density at radius 3 is 2.76 bits per heavy atom. The molecule has 4 rings (SSSR count). The van der Waals surface area contributed by atoms with Crippen LogP contribution in [0.1, 0.15) is 11.1 Å². The first kappa shape index (κ1) is 16.5. The van der Waals surface area contributed by atoms with Crippen LogP contribution in [0.4, 0.5) is 11.4 Å². The zero-order chi connectivity index (χ0) is 17.8. The van der Waals surface area contributed by atoms with Crippen molar-refractivity contribution in [1.29, 1.82) is 0 Å². The van der Waals surface area contributed by atoms with E-state index in [0.717, 1.165) is 11.1 Å². The Hall–Kier alpha value is -1.93. The van der Waals surface area contributed by atoms with E-state index < -0.39 is 10.2 Å². The number of halogens is 2. The zero-order valence-corrected chi connectivity index (χ0v) is 15.2. The van der Waals surface area contributed by atoms with Crippen LogP contribution in [0.3, 0.4) is 0 Å². The molecule has 130 valence electrons. The predicted octanol–water partition coefficient (Wildman–Crippen LogP) is 3.73. The van der Waals surface area contributed by atoms with Crippen molar-refractivity contribution in [3.05, 3.63) is 57.7 Å². The molecule has 2 aromatic carbocycles. The molecule has 2 heterocycles. The van der Waals surface area contributed by atoms with E-state index in [4.69, 9.17) is 28.9 Å². The summed E-state index contributed by atoms with van der Waals surface area (Å²) in [7, 11) is -3.71. The van der Waals surface area contributed by atoms with Gasteiger partial charge in [-0.3, -0.25) is 4.72 Å². The third-order valence-corrected chi connectivity index (χ3v) is 6.17. The molecule has 0 saturated heterocycles. The van der Waals surface area contributed by atoms with Gasteiger partial charge in [-0.15, -0.1) is 0 Å². The molecule has 6 nitrogen and oxygen atoms in total. The molecule has 0 bridgehead atoms. The second-order valence-electron chi connectivity index (χ2n) is 5.90. The molecule has 1 aliphatic heterocycles. The van der Waals surface area contributed by atoms with Gasteiger partial charge in [-0.05, 0) is 29.3 Å². The van der Waals surface area contributed by atoms with Gasteiger partial charge in [0.05, 0.1) is 21.2 Å². The van der Waals surface area contributed by atoms with Crippen molar-refractivity contribution in [3.63, 3.8) is 0 Å². The first-order chi connectivity index (χ1) is 11.8. The molecular formula is C16H14Cl2N4O2S. The number of nitrogens with two attached hydrogens (primary N) is 1. The topological polar surface area (TPSA) is 91.2 Å². The molecule has 1 aliphatic rings. The largest absolute Gasteiger partial charge is 0.399 e. The lowest BCUT2D eigenvalue weighted by molar-refractivity contribution is 0.400. The molecule has 9 heteroatoms. The van der Waals surface area contributed by atoms with Crippen LogP contribution in [0.2, 0.25) is 10.0 Å². The van der Waals surface area contributed by atoms with E-state index in [2.05, 4.69) is 9.71 Å². The van der Waals surface area contributed by atoms with Crippen LogP contribution in [0, 0.1) is 0 Å². The molecule has 0 amide bonds. The van der Waals surface area contributed by atoms with Gasteiger partial charge in [-0.2, -0.15) is 12.7 Å². The van der Waals surface area contributed by atoms with Crippen molar-refractivity contribution >= 4 is 55.7 Å². The minimum atomic E-state index is -3.71. The second kappa shape index (κ2) is 5.81. The van der Waals surface area contributed by atoms with Crippen molar-refractivity contribution in [3.8, 4) is 0 Å². The van der Waals surface area contributed by atoms with Crippen molar-refractivity contribution in [2.45, 2.75) is 13.1 Å². The molecule has 0 spiro atoms. The van der Waals surface area contributed by atoms with Crippen molar-refractivity contribution in [2.75, 3.05) is 10.5 Å². The molecule has 0 radical (unpaired) electrons. The lowest BCUT2D eigenvalue weighted by Crippen LogP contribution is -2.39. The highest BCUT2D eigenvalue weighted by Crippen LogP contribution is 2.40. The zero-order valence-electron chi connectivity index (χ0n) is 12.9. The third kappa shape index (κ3) is 2.83. The third-order valence-electron chi connectivity index (χ3n) is 4.17. The fraction of sp³-hybridized carbons (Fsp3) is 0.125. The summed E-state index contributed by atoms with van der Waals surface area (Å²) < 4.78 is 29.3. The van der Waals surface area contributed by atoms with Gasteiger partial charge in [0.15, 0.2) is 0 Å². The maximum atomic E-state index is 12.7. The fourth-order valence-electron chi connectivity index (χ4n) is 3.03. The summed E-state index contributed by atoms with van der Waals surface area (Å²) in [5.41, 5.74) is 9.01. The summed E-state index contributed by atoms with van der Waals surface area (Å²) in [6.45, 7) is 0.409. The number of fused-ring (bicyclic) bond motifs is 3. The quantitative estimate of drug-likeness (QED) is 0.576. The van der Waals surface area contributed by atoms with Gasteiger partial charge >= 0.3 is 10.2 Å². The van der Waals surface area contributed by atoms with E-state index in [1.165, 1.54) is 4.31 Å². The number of aromatic amines is 1. The highest BCUT2D eigenvalue weighted by molar-refractivity contribution is 7.90. The number of aromatic nitrogens is 1. The number of hydrogen-bond acceptors (Lipinski definition) is 3. The van der Waals surface area contributed by atoms with E-state index in [-0.39, 0.29) is 13.1 Å². The molecule has 1 aromatic heterocycles. The minimum Gasteiger partial charge on any atom is -0.399 e. The highest BCUT2D eigenvalue weighted by atomic mass is 35.5. The number of hydrogen-bond donors (Lipinski definition) is 3. The molecule has 0 unspecified atom stereocenters. The maximum absolute atomic E-state index is 12.7. The van der Waals surface area contributed by atoms with Gasteiger partial charge in [0.1, 0.15) is 0 Å². The number of benzene rings is 2. The Kier molecular flexibility index (Phi) is 3.84. The summed E-state index contributed by atoms with van der Waals surface area (Å²) in [6, 6.07) is 8.89. The van der Waals surface area contributed by atoms with E-state index in [1.54, 1.807) is 30.5 Å². The Morgan fingerprint density at radius 2 is 2.00 bits per heavy atom. The SMILES string of the molecule is Nc1cccc(CN2Cc3cc(Cl)c4c(Cl)c[nH]c4c3NS2(=O)=O)c1. The van der Waals surface area contributed by atoms with E-state index in [9.17, 15) is 8.42 Å². The number of rotatable bonds is 2. The van der Waals surface area contributed by atoms with E-state index >= 15 is 0 Å². The number of nitrogens with one attached hydrogen (secondary N) is 2. The Morgan fingerprint density at radius 1 is 1.20 bits per heavy atom. The summed E-state index contributed by atoms with van der Waals surface area (Å²) >= 11 is 12.5. The van der Waals surface area contributed by atoms with Gasteiger partial charge < -0.3 is 10.7 Å². The van der Waals surface area contributed by atoms with Crippen molar-refractivity contribution < 1.29 is 8.42 Å². The Balaban J connectivity index is 1.78. The normalized spacial score (nSPS) is 16.6. The highest BCUT2D eigenvalue weighted by Gasteiger charge is 2.31. The van der Waals surface area contributed by atoms with Crippen LogP contribution in [0.5, 0.6) is 0 Å². The van der Waals surface area contributed by atoms with Crippen molar-refractivity contribution in [1.82, 2.24) is 9.29 Å². The van der Waals surface area contributed by atoms with Crippen molar-refractivity contribution in [2.24, 2.45) is 0 Å². The standard InChI is InChI=1S/C16H14Cl2N4O2S/c17-12-5-10-8-22(7-9-2-1-3-11(19)4-9)25(23,24)21-15(10)16-14(12)13(18)6-20-16/h1-6,20-21H,7-8,19H2. The molecule has 4 N–H and O–H groups in total. The summed E-state index contributed by atoms with van der Waals surface area (Å²) in [6.07, 6.45) is 1.59. The first-order valence-corrected chi connectivity index (χ1v) is 9.65. The van der Waals surface area contributed by atoms with Crippen LogP contribution in [-0.4, -0.2) is 17.7 Å². The first-order valence-electron chi connectivity index (χ1n) is 7.45. The number of anilines is 2. The molecule has 0 saturated carbocycles. The monoisotopic (exact) mass is 396 g/mol. The van der Waals surface area contributed by atoms with Crippen LogP contribution in [0.25, 0.3) is 10.9 Å². The Labute approximate surface area is 154 Å². The number of nitrogen functional groups attached to an aromatic ring is 1. The van der Waals surface area contributed by atoms with Crippen LogP contribution < -0.4 is 10.5 Å². The van der Waals surface area contributed by atoms with Gasteiger partial charge in [0, 0.05) is 30.4 Å². The smallest absolute Gasteiger partial charge is 0.302 e. The lowest BCUT2D eigenvalue weighted by atomic mass is 10.1. The predicted molar refractivity (Wildman–Crippen MR) is 101 cm³/mol. The average Bonchev–Trinajstić information content (AvgIpc) is 2.92. The summed E-state index contributed by atoms with van der Waals surface area (Å²) in [4.78, 5) is 2.99. The average molecular weight is 397 g/mol. The molecule has 25 heavy (non-hydrogen) atoms. The fourth-order valence-corrected chi connectivity index (χ4v) is 4.91. The molecular weight excluding hydrogens is 383 g/mol. The molecule has 0 fully saturated rings. The van der Waals surface area contributed by atoms with E-state index in [0.29, 0.717) is 32.3 Å². The van der Waals surface area contributed by atoms with E-state index in [1.807, 2.05) is 6.07 Å². The van der Waals surface area contributed by atoms with Crippen LogP contribution >= 0.6 is 23.2 Å². The van der Waals surface area contributed by atoms with Gasteiger partial charge in [-0.1, -0.05) is 35.3 Å². The van der Waals surface area contributed by atoms with Gasteiger partial charge in [0.2, 0.25) is 0 Å². The number of nitrogens with zero attached hydrogens (tertiary/aromatic N) is 1. The van der Waals surface area contributed by atoms with Gasteiger partial charge in [0.25, 0.3) is 0 Å². The lowest BCUT2D eigenvalue weighted by Gasteiger charge is -2.30. The van der Waals surface area contributed by atoms with Gasteiger partial charge in [-0.25, -0.2) is 0 Å².